The summed E-state index contributed by atoms with van der Waals surface area (Å²) in [4.78, 5) is 11.6. The summed E-state index contributed by atoms with van der Waals surface area (Å²) in [5.41, 5.74) is 6.76. The van der Waals surface area contributed by atoms with Gasteiger partial charge in [0.05, 0.1) is 11.5 Å². The van der Waals surface area contributed by atoms with E-state index in [2.05, 4.69) is 20.8 Å². The normalized spacial score (nSPS) is 11.9. The molecule has 1 aromatic carbocycles. The van der Waals surface area contributed by atoms with E-state index in [9.17, 15) is 13.2 Å². The smallest absolute Gasteiger partial charge is 0.322 e. The molecule has 0 saturated carbocycles. The average Bonchev–Trinajstić information content (AvgIpc) is 2.81. The molecule has 0 heterocycles. The van der Waals surface area contributed by atoms with Gasteiger partial charge in [0.25, 0.3) is 10.1 Å². The number of aryl methyl sites for hydroxylation is 1. The molecule has 8 heteroatoms. The highest BCUT2D eigenvalue weighted by Gasteiger charge is 2.15. The molecule has 218 valence electrons. The number of benzene rings is 1. The summed E-state index contributed by atoms with van der Waals surface area (Å²) in [6.07, 6.45) is 19.4. The number of carbonyl (C=O) groups is 1. The Morgan fingerprint density at radius 3 is 1.62 bits per heavy atom. The van der Waals surface area contributed by atoms with E-state index in [1.165, 1.54) is 89.2 Å². The molecule has 0 radical (unpaired) electrons. The van der Waals surface area contributed by atoms with E-state index >= 15 is 0 Å². The van der Waals surface area contributed by atoms with Gasteiger partial charge in [-0.1, -0.05) is 122 Å². The quantitative estimate of drug-likeness (QED) is 0.0916. The summed E-state index contributed by atoms with van der Waals surface area (Å²) in [5, 5.41) is 0. The fourth-order valence-electron chi connectivity index (χ4n) is 3.89. The van der Waals surface area contributed by atoms with Gasteiger partial charge in [-0.2, -0.15) is 8.42 Å². The lowest BCUT2D eigenvalue weighted by Gasteiger charge is -2.13. The van der Waals surface area contributed by atoms with Crippen molar-refractivity contribution in [1.82, 2.24) is 6.15 Å². The highest BCUT2D eigenvalue weighted by Crippen LogP contribution is 2.13. The van der Waals surface area contributed by atoms with Gasteiger partial charge in [0.2, 0.25) is 0 Å². The largest absolute Gasteiger partial charge is 0.465 e. The molecule has 0 unspecified atom stereocenters. The number of rotatable bonds is 19. The van der Waals surface area contributed by atoms with Crippen molar-refractivity contribution in [1.29, 1.82) is 0 Å². The summed E-state index contributed by atoms with van der Waals surface area (Å²) in [7, 11) is -4.02. The topological polar surface area (TPSA) is 142 Å². The molecule has 0 saturated heterocycles. The highest BCUT2D eigenvalue weighted by atomic mass is 32.2. The van der Waals surface area contributed by atoms with Crippen LogP contribution >= 0.6 is 0 Å². The molecule has 0 aliphatic carbocycles. The van der Waals surface area contributed by atoms with Crippen LogP contribution in [-0.2, 0) is 19.6 Å². The Morgan fingerprint density at radius 1 is 0.838 bits per heavy atom. The number of carbonyl (C=O) groups excluding carboxylic acids is 1. The maximum Gasteiger partial charge on any atom is 0.322 e. The average molecular weight is 545 g/mol. The highest BCUT2D eigenvalue weighted by molar-refractivity contribution is 7.85. The first kappa shape index (κ1) is 37.7. The van der Waals surface area contributed by atoms with Gasteiger partial charge in [-0.05, 0) is 37.8 Å². The van der Waals surface area contributed by atoms with Gasteiger partial charge >= 0.3 is 5.97 Å². The van der Waals surface area contributed by atoms with Crippen molar-refractivity contribution >= 4 is 16.1 Å². The molecule has 0 aliphatic rings. The Hall–Kier alpha value is -1.48. The van der Waals surface area contributed by atoms with Crippen LogP contribution in [0.2, 0.25) is 0 Å². The van der Waals surface area contributed by atoms with Crippen molar-refractivity contribution in [3.05, 3.63) is 29.8 Å². The summed E-state index contributed by atoms with van der Waals surface area (Å²) in [6.45, 7) is 8.79. The molecule has 1 rings (SSSR count). The summed E-state index contributed by atoms with van der Waals surface area (Å²) in [5.74, 6) is 0.201. The zero-order valence-electron chi connectivity index (χ0n) is 24.1. The number of nitrogens with two attached hydrogens (primary N) is 1. The molecule has 7 nitrogen and oxygen atoms in total. The van der Waals surface area contributed by atoms with Gasteiger partial charge in [0, 0.05) is 0 Å². The van der Waals surface area contributed by atoms with Crippen LogP contribution in [0, 0.1) is 12.8 Å². The molecule has 0 spiro atoms. The van der Waals surface area contributed by atoms with E-state index in [1.54, 1.807) is 12.1 Å². The Kier molecular flexibility index (Phi) is 24.1. The molecule has 6 N–H and O–H groups in total. The van der Waals surface area contributed by atoms with Crippen molar-refractivity contribution in [2.24, 2.45) is 11.7 Å². The maximum atomic E-state index is 11.7. The molecule has 0 aromatic heterocycles. The zero-order chi connectivity index (χ0) is 27.2. The Bertz CT molecular complexity index is 767. The first-order valence-corrected chi connectivity index (χ1v) is 15.5. The van der Waals surface area contributed by atoms with Gasteiger partial charge < -0.3 is 16.6 Å². The first-order valence-electron chi connectivity index (χ1n) is 14.0. The molecule has 37 heavy (non-hydrogen) atoms. The maximum absolute atomic E-state index is 11.7. The minimum atomic E-state index is -4.02. The van der Waals surface area contributed by atoms with Gasteiger partial charge in [-0.25, -0.2) is 0 Å². The second-order valence-corrected chi connectivity index (χ2v) is 11.7. The van der Waals surface area contributed by atoms with Crippen LogP contribution in [0.4, 0.5) is 0 Å². The van der Waals surface area contributed by atoms with E-state index in [0.29, 0.717) is 18.9 Å². The van der Waals surface area contributed by atoms with Gasteiger partial charge in [0.1, 0.15) is 6.04 Å². The third-order valence-electron chi connectivity index (χ3n) is 6.09. The minimum absolute atomic E-state index is 0. The van der Waals surface area contributed by atoms with Crippen molar-refractivity contribution in [2.75, 3.05) is 6.61 Å². The third-order valence-corrected chi connectivity index (χ3v) is 6.96. The van der Waals surface area contributed by atoms with Crippen molar-refractivity contribution in [2.45, 2.75) is 135 Å². The summed E-state index contributed by atoms with van der Waals surface area (Å²) in [6, 6.07) is 5.54. The van der Waals surface area contributed by atoms with E-state index in [-0.39, 0.29) is 17.0 Å². The van der Waals surface area contributed by atoms with Gasteiger partial charge in [0.15, 0.2) is 0 Å². The lowest BCUT2D eigenvalue weighted by Crippen LogP contribution is -2.33. The zero-order valence-corrected chi connectivity index (χ0v) is 24.9. The van der Waals surface area contributed by atoms with Crippen LogP contribution in [0.15, 0.2) is 29.2 Å². The lowest BCUT2D eigenvalue weighted by molar-refractivity contribution is -0.145. The van der Waals surface area contributed by atoms with Crippen molar-refractivity contribution in [3.8, 4) is 0 Å². The Morgan fingerprint density at radius 2 is 1.24 bits per heavy atom. The van der Waals surface area contributed by atoms with Gasteiger partial charge in [-0.3, -0.25) is 9.35 Å². The van der Waals surface area contributed by atoms with Crippen LogP contribution in [0.1, 0.15) is 123 Å². The second kappa shape index (κ2) is 23.6. The first-order chi connectivity index (χ1) is 17.1. The predicted octanol–water partition coefficient (Wildman–Crippen LogP) is 7.79. The van der Waals surface area contributed by atoms with Crippen LogP contribution < -0.4 is 11.9 Å². The van der Waals surface area contributed by atoms with Crippen LogP contribution in [0.5, 0.6) is 0 Å². The standard InChI is InChI=1S/C22H45NO2.C7H8O3S.H3N/c1-4-5-6-7-8-9-10-11-12-13-14-15-16-17-18-25-22(24)21(23)19-20(2)3;1-6-2-4-7(5-3-6)11(8,9)10;/h20-21H,4-19,23H2,1-3H3;2-5H,1H3,(H,8,9,10);1H3/t21-;;/m0../s1. The monoisotopic (exact) mass is 544 g/mol. The molecule has 0 fully saturated rings. The molecule has 0 aliphatic heterocycles. The molecular weight excluding hydrogens is 488 g/mol. The molecule has 0 amide bonds. The second-order valence-electron chi connectivity index (χ2n) is 10.3. The van der Waals surface area contributed by atoms with E-state index < -0.39 is 16.2 Å². The predicted molar refractivity (Wildman–Crippen MR) is 155 cm³/mol. The summed E-state index contributed by atoms with van der Waals surface area (Å²) < 4.78 is 34.8. The van der Waals surface area contributed by atoms with Crippen LogP contribution in [0.25, 0.3) is 0 Å². The third kappa shape index (κ3) is 23.4. The lowest BCUT2D eigenvalue weighted by atomic mass is 10.0. The number of hydrogen-bond donors (Lipinski definition) is 3. The minimum Gasteiger partial charge on any atom is -0.465 e. The Labute approximate surface area is 227 Å². The van der Waals surface area contributed by atoms with E-state index in [0.717, 1.165) is 18.4 Å². The number of esters is 1. The number of unbranched alkanes of at least 4 members (excludes halogenated alkanes) is 13. The van der Waals surface area contributed by atoms with Crippen molar-refractivity contribution < 1.29 is 22.5 Å². The Balaban J connectivity index is 0. The number of ether oxygens (including phenoxy) is 1. The van der Waals surface area contributed by atoms with E-state index in [1.807, 2.05) is 6.92 Å². The SMILES string of the molecule is CCCCCCCCCCCCCCCCOC(=O)[C@@H](N)CC(C)C.Cc1ccc(S(=O)(=O)O)cc1.N. The fraction of sp³-hybridized carbons (Fsp3) is 0.759. The molecule has 0 bridgehead atoms. The molecular formula is C29H56N2O5S. The molecule has 1 aromatic rings. The summed E-state index contributed by atoms with van der Waals surface area (Å²) >= 11 is 0. The van der Waals surface area contributed by atoms with Crippen LogP contribution in [-0.4, -0.2) is 31.6 Å². The van der Waals surface area contributed by atoms with Crippen molar-refractivity contribution in [3.63, 3.8) is 0 Å². The number of hydrogen-bond acceptors (Lipinski definition) is 6. The van der Waals surface area contributed by atoms with Crippen LogP contribution in [0.3, 0.4) is 0 Å². The van der Waals surface area contributed by atoms with E-state index in [4.69, 9.17) is 15.0 Å². The molecule has 1 atom stereocenters. The van der Waals surface area contributed by atoms with Gasteiger partial charge in [-0.15, -0.1) is 0 Å². The fourth-order valence-corrected chi connectivity index (χ4v) is 4.37.